The van der Waals surface area contributed by atoms with Crippen molar-refractivity contribution in [2.75, 3.05) is 20.3 Å². The number of halogens is 1. The summed E-state index contributed by atoms with van der Waals surface area (Å²) in [6, 6.07) is 5.73. The van der Waals surface area contributed by atoms with Gasteiger partial charge in [0.05, 0.1) is 13.2 Å². The van der Waals surface area contributed by atoms with E-state index in [0.717, 1.165) is 0 Å². The highest BCUT2D eigenvalue weighted by atomic mass is 19.1. The molecule has 1 unspecified atom stereocenters. The summed E-state index contributed by atoms with van der Waals surface area (Å²) < 4.78 is 22.8. The average Bonchev–Trinajstić information content (AvgIpc) is 2.44. The number of carboxylic acid groups (broad SMARTS) is 1. The van der Waals surface area contributed by atoms with Crippen LogP contribution in [0.25, 0.3) is 0 Å². The molecule has 1 rings (SSSR count). The summed E-state index contributed by atoms with van der Waals surface area (Å²) in [4.78, 5) is 22.1. The van der Waals surface area contributed by atoms with Crippen molar-refractivity contribution in [1.29, 1.82) is 0 Å². The predicted octanol–water partition coefficient (Wildman–Crippen LogP) is 1.20. The Kier molecular flexibility index (Phi) is 7.17. The summed E-state index contributed by atoms with van der Waals surface area (Å²) in [5.74, 6) is -1.40. The molecule has 1 amide bonds. The number of rotatable bonds is 9. The fourth-order valence-electron chi connectivity index (χ4n) is 1.55. The van der Waals surface area contributed by atoms with E-state index >= 15 is 0 Å². The summed E-state index contributed by atoms with van der Waals surface area (Å²) in [5.41, 5.74) is 0. The second kappa shape index (κ2) is 8.91. The molecule has 0 radical (unpaired) electrons. The number of hydrogen-bond donors (Lipinski definition) is 2. The quantitative estimate of drug-likeness (QED) is 0.669. The number of benzene rings is 1. The molecule has 0 aromatic heterocycles. The molecular formula is C14H18FNO5. The standard InChI is InChI=1S/C14H18FNO5/c1-20-12(14(18)19)9-16-13(17)6-3-7-21-11-5-2-4-10(15)8-11/h2,4-5,8,12H,3,6-7,9H2,1H3,(H,16,17)(H,18,19). The van der Waals surface area contributed by atoms with Gasteiger partial charge in [-0.3, -0.25) is 4.79 Å². The molecule has 0 saturated heterocycles. The summed E-state index contributed by atoms with van der Waals surface area (Å²) >= 11 is 0. The fourth-order valence-corrected chi connectivity index (χ4v) is 1.55. The number of carbonyl (C=O) groups excluding carboxylic acids is 1. The molecule has 1 atom stereocenters. The van der Waals surface area contributed by atoms with Crippen LogP contribution in [-0.2, 0) is 14.3 Å². The second-order valence-electron chi connectivity index (χ2n) is 4.28. The van der Waals surface area contributed by atoms with E-state index in [1.165, 1.54) is 25.3 Å². The number of carbonyl (C=O) groups is 2. The van der Waals surface area contributed by atoms with Crippen molar-refractivity contribution in [1.82, 2.24) is 5.32 Å². The van der Waals surface area contributed by atoms with Crippen molar-refractivity contribution in [2.45, 2.75) is 18.9 Å². The zero-order valence-corrected chi connectivity index (χ0v) is 11.7. The Hall–Kier alpha value is -2.15. The van der Waals surface area contributed by atoms with Gasteiger partial charge in [-0.2, -0.15) is 0 Å². The molecule has 6 nitrogen and oxygen atoms in total. The van der Waals surface area contributed by atoms with Crippen molar-refractivity contribution < 1.29 is 28.6 Å². The van der Waals surface area contributed by atoms with Crippen molar-refractivity contribution in [3.8, 4) is 5.75 Å². The first kappa shape index (κ1) is 16.9. The first-order valence-corrected chi connectivity index (χ1v) is 6.43. The van der Waals surface area contributed by atoms with E-state index in [1.807, 2.05) is 0 Å². The molecule has 0 heterocycles. The maximum Gasteiger partial charge on any atom is 0.334 e. The van der Waals surface area contributed by atoms with Gasteiger partial charge in [0.15, 0.2) is 6.10 Å². The first-order valence-electron chi connectivity index (χ1n) is 6.43. The smallest absolute Gasteiger partial charge is 0.334 e. The second-order valence-corrected chi connectivity index (χ2v) is 4.28. The van der Waals surface area contributed by atoms with Crippen LogP contribution in [0.2, 0.25) is 0 Å². The number of hydrogen-bond acceptors (Lipinski definition) is 4. The van der Waals surface area contributed by atoms with Crippen LogP contribution >= 0.6 is 0 Å². The number of nitrogens with one attached hydrogen (secondary N) is 1. The summed E-state index contributed by atoms with van der Waals surface area (Å²) in [5, 5.41) is 11.2. The third-order valence-corrected chi connectivity index (χ3v) is 2.66. The lowest BCUT2D eigenvalue weighted by molar-refractivity contribution is -0.148. The monoisotopic (exact) mass is 299 g/mol. The summed E-state index contributed by atoms with van der Waals surface area (Å²) in [7, 11) is 1.26. The van der Waals surface area contributed by atoms with Gasteiger partial charge in [-0.15, -0.1) is 0 Å². The summed E-state index contributed by atoms with van der Waals surface area (Å²) in [6.07, 6.45) is -0.434. The Morgan fingerprint density at radius 3 is 2.81 bits per heavy atom. The molecule has 0 aliphatic carbocycles. The van der Waals surface area contributed by atoms with Crippen LogP contribution in [-0.4, -0.2) is 43.3 Å². The zero-order chi connectivity index (χ0) is 15.7. The van der Waals surface area contributed by atoms with Crippen LogP contribution in [0.5, 0.6) is 5.75 Å². The highest BCUT2D eigenvalue weighted by Gasteiger charge is 2.16. The van der Waals surface area contributed by atoms with Gasteiger partial charge < -0.3 is 19.9 Å². The molecule has 0 bridgehead atoms. The topological polar surface area (TPSA) is 84.9 Å². The van der Waals surface area contributed by atoms with Gasteiger partial charge in [0, 0.05) is 19.6 Å². The minimum Gasteiger partial charge on any atom is -0.493 e. The molecule has 0 aliphatic rings. The van der Waals surface area contributed by atoms with Gasteiger partial charge in [0.25, 0.3) is 0 Å². The number of methoxy groups -OCH3 is 1. The lowest BCUT2D eigenvalue weighted by Gasteiger charge is -2.11. The zero-order valence-electron chi connectivity index (χ0n) is 11.7. The predicted molar refractivity (Wildman–Crippen MR) is 72.6 cm³/mol. The normalized spacial score (nSPS) is 11.7. The van der Waals surface area contributed by atoms with Gasteiger partial charge >= 0.3 is 5.97 Å². The number of ether oxygens (including phenoxy) is 2. The minimum atomic E-state index is -1.13. The number of amides is 1. The van der Waals surface area contributed by atoms with Gasteiger partial charge in [0.1, 0.15) is 11.6 Å². The van der Waals surface area contributed by atoms with Gasteiger partial charge in [-0.1, -0.05) is 6.07 Å². The molecule has 0 fully saturated rings. The Balaban J connectivity index is 2.17. The van der Waals surface area contributed by atoms with Gasteiger partial charge in [-0.25, -0.2) is 9.18 Å². The van der Waals surface area contributed by atoms with E-state index < -0.39 is 12.1 Å². The third-order valence-electron chi connectivity index (χ3n) is 2.66. The van der Waals surface area contributed by atoms with Gasteiger partial charge in [0.2, 0.25) is 5.91 Å². The minimum absolute atomic E-state index is 0.0879. The van der Waals surface area contributed by atoms with E-state index in [9.17, 15) is 14.0 Å². The average molecular weight is 299 g/mol. The SMILES string of the molecule is COC(CNC(=O)CCCOc1cccc(F)c1)C(=O)O. The van der Waals surface area contributed by atoms with Crippen LogP contribution in [0.15, 0.2) is 24.3 Å². The third kappa shape index (κ3) is 6.71. The highest BCUT2D eigenvalue weighted by Crippen LogP contribution is 2.12. The van der Waals surface area contributed by atoms with E-state index in [2.05, 4.69) is 10.1 Å². The lowest BCUT2D eigenvalue weighted by atomic mass is 10.3. The van der Waals surface area contributed by atoms with E-state index in [-0.39, 0.29) is 31.3 Å². The number of aliphatic carboxylic acids is 1. The molecule has 2 N–H and O–H groups in total. The molecule has 0 saturated carbocycles. The van der Waals surface area contributed by atoms with E-state index in [4.69, 9.17) is 9.84 Å². The van der Waals surface area contributed by atoms with Crippen molar-refractivity contribution in [2.24, 2.45) is 0 Å². The molecule has 21 heavy (non-hydrogen) atoms. The molecule has 0 spiro atoms. The number of carboxylic acids is 1. The molecule has 116 valence electrons. The Morgan fingerprint density at radius 1 is 1.43 bits per heavy atom. The Morgan fingerprint density at radius 2 is 2.19 bits per heavy atom. The van der Waals surface area contributed by atoms with Crippen molar-refractivity contribution in [3.63, 3.8) is 0 Å². The summed E-state index contributed by atoms with van der Waals surface area (Å²) in [6.45, 7) is 0.179. The van der Waals surface area contributed by atoms with Crippen LogP contribution in [0.1, 0.15) is 12.8 Å². The van der Waals surface area contributed by atoms with E-state index in [0.29, 0.717) is 12.2 Å². The fraction of sp³-hybridized carbons (Fsp3) is 0.429. The molecule has 1 aromatic carbocycles. The van der Waals surface area contributed by atoms with Gasteiger partial charge in [-0.05, 0) is 18.6 Å². The Bertz CT molecular complexity index is 480. The van der Waals surface area contributed by atoms with Crippen LogP contribution in [0.3, 0.4) is 0 Å². The molecule has 7 heteroatoms. The van der Waals surface area contributed by atoms with Crippen LogP contribution in [0.4, 0.5) is 4.39 Å². The maximum absolute atomic E-state index is 12.9. The molecule has 1 aromatic rings. The van der Waals surface area contributed by atoms with Crippen molar-refractivity contribution >= 4 is 11.9 Å². The van der Waals surface area contributed by atoms with Crippen molar-refractivity contribution in [3.05, 3.63) is 30.1 Å². The first-order chi connectivity index (χ1) is 10.0. The highest BCUT2D eigenvalue weighted by molar-refractivity contribution is 5.78. The van der Waals surface area contributed by atoms with Crippen LogP contribution < -0.4 is 10.1 Å². The molecule has 0 aliphatic heterocycles. The molecular weight excluding hydrogens is 281 g/mol. The van der Waals surface area contributed by atoms with E-state index in [1.54, 1.807) is 6.07 Å². The van der Waals surface area contributed by atoms with Crippen LogP contribution in [0, 0.1) is 5.82 Å². The lowest BCUT2D eigenvalue weighted by Crippen LogP contribution is -2.37. The largest absolute Gasteiger partial charge is 0.493 e. The Labute approximate surface area is 121 Å². The maximum atomic E-state index is 12.9.